The molecule has 0 unspecified atom stereocenters. The monoisotopic (exact) mass is 219 g/mol. The Labute approximate surface area is 93.3 Å². The van der Waals surface area contributed by atoms with Crippen molar-refractivity contribution in [1.82, 2.24) is 0 Å². The largest absolute Gasteiger partial charge is 0.486 e. The summed E-state index contributed by atoms with van der Waals surface area (Å²) in [5.41, 5.74) is 7.66. The number of hydrogen-bond acceptors (Lipinski definition) is 3. The molecule has 2 nitrogen and oxygen atoms in total. The van der Waals surface area contributed by atoms with Crippen LogP contribution >= 0.6 is 11.3 Å². The van der Waals surface area contributed by atoms with Gasteiger partial charge in [-0.2, -0.15) is 0 Å². The van der Waals surface area contributed by atoms with Crippen LogP contribution in [0.15, 0.2) is 35.7 Å². The lowest BCUT2D eigenvalue weighted by molar-refractivity contribution is 0.311. The highest BCUT2D eigenvalue weighted by Gasteiger charge is 2.01. The van der Waals surface area contributed by atoms with Crippen LogP contribution in [0.25, 0.3) is 0 Å². The first-order valence-corrected chi connectivity index (χ1v) is 5.65. The van der Waals surface area contributed by atoms with Gasteiger partial charge in [-0.3, -0.25) is 0 Å². The molecule has 15 heavy (non-hydrogen) atoms. The van der Waals surface area contributed by atoms with Crippen molar-refractivity contribution < 1.29 is 4.74 Å². The zero-order valence-electron chi connectivity index (χ0n) is 8.57. The maximum Gasteiger partial charge on any atom is 0.142 e. The Morgan fingerprint density at radius 3 is 2.93 bits per heavy atom. The number of thiophene rings is 1. The number of nitrogens with two attached hydrogens (primary N) is 1. The number of aryl methyl sites for hydroxylation is 1. The standard InChI is InChI=1S/C12H13NOS/c1-9-4-5-11(13)12(7-9)14-8-10-3-2-6-15-10/h2-7H,8,13H2,1H3. The third kappa shape index (κ3) is 2.50. The molecule has 0 saturated carbocycles. The van der Waals surface area contributed by atoms with Gasteiger partial charge in [0.25, 0.3) is 0 Å². The molecule has 0 atom stereocenters. The van der Waals surface area contributed by atoms with Gasteiger partial charge >= 0.3 is 0 Å². The summed E-state index contributed by atoms with van der Waals surface area (Å²) in [5, 5.41) is 2.04. The van der Waals surface area contributed by atoms with Crippen molar-refractivity contribution in [1.29, 1.82) is 0 Å². The average Bonchev–Trinajstić information content (AvgIpc) is 2.72. The van der Waals surface area contributed by atoms with E-state index in [4.69, 9.17) is 10.5 Å². The van der Waals surface area contributed by atoms with E-state index in [0.29, 0.717) is 12.3 Å². The molecule has 1 aromatic heterocycles. The molecule has 2 rings (SSSR count). The predicted octanol–water partition coefficient (Wildman–Crippen LogP) is 3.22. The van der Waals surface area contributed by atoms with Crippen molar-refractivity contribution in [2.75, 3.05) is 5.73 Å². The van der Waals surface area contributed by atoms with E-state index < -0.39 is 0 Å². The fourth-order valence-corrected chi connectivity index (χ4v) is 1.93. The van der Waals surface area contributed by atoms with Crippen molar-refractivity contribution >= 4 is 17.0 Å². The number of anilines is 1. The second kappa shape index (κ2) is 4.36. The van der Waals surface area contributed by atoms with Crippen LogP contribution in [0.5, 0.6) is 5.75 Å². The van der Waals surface area contributed by atoms with Gasteiger partial charge in [-0.1, -0.05) is 12.1 Å². The third-order valence-electron chi connectivity index (χ3n) is 2.12. The number of rotatable bonds is 3. The molecule has 0 aliphatic rings. The summed E-state index contributed by atoms with van der Waals surface area (Å²) in [6, 6.07) is 9.88. The summed E-state index contributed by atoms with van der Waals surface area (Å²) in [5.74, 6) is 0.767. The third-order valence-corrected chi connectivity index (χ3v) is 2.97. The molecule has 2 aromatic rings. The Hall–Kier alpha value is -1.48. The van der Waals surface area contributed by atoms with Gasteiger partial charge in [0, 0.05) is 4.88 Å². The second-order valence-electron chi connectivity index (χ2n) is 3.41. The van der Waals surface area contributed by atoms with Crippen LogP contribution in [0.4, 0.5) is 5.69 Å². The molecule has 0 radical (unpaired) electrons. The molecule has 0 amide bonds. The SMILES string of the molecule is Cc1ccc(N)c(OCc2cccs2)c1. The lowest BCUT2D eigenvalue weighted by Gasteiger charge is -2.08. The van der Waals surface area contributed by atoms with Crippen LogP contribution < -0.4 is 10.5 Å². The lowest BCUT2D eigenvalue weighted by atomic mass is 10.2. The highest BCUT2D eigenvalue weighted by atomic mass is 32.1. The molecule has 0 aliphatic heterocycles. The highest BCUT2D eigenvalue weighted by molar-refractivity contribution is 7.09. The summed E-state index contributed by atoms with van der Waals surface area (Å²) in [7, 11) is 0. The molecule has 1 heterocycles. The Bertz CT molecular complexity index is 437. The Morgan fingerprint density at radius 1 is 1.33 bits per heavy atom. The Morgan fingerprint density at radius 2 is 2.20 bits per heavy atom. The van der Waals surface area contributed by atoms with E-state index >= 15 is 0 Å². The Kier molecular flexibility index (Phi) is 2.92. The number of ether oxygens (including phenoxy) is 1. The summed E-state index contributed by atoms with van der Waals surface area (Å²) >= 11 is 1.69. The van der Waals surface area contributed by atoms with Crippen molar-refractivity contribution in [3.8, 4) is 5.75 Å². The van der Waals surface area contributed by atoms with Crippen LogP contribution in [-0.2, 0) is 6.61 Å². The van der Waals surface area contributed by atoms with Gasteiger partial charge in [-0.15, -0.1) is 11.3 Å². The van der Waals surface area contributed by atoms with Crippen molar-refractivity contribution in [3.63, 3.8) is 0 Å². The predicted molar refractivity (Wildman–Crippen MR) is 64.2 cm³/mol. The molecule has 2 N–H and O–H groups in total. The molecule has 0 fully saturated rings. The molecule has 0 spiro atoms. The first kappa shape index (κ1) is 10.1. The van der Waals surface area contributed by atoms with E-state index in [1.807, 2.05) is 36.6 Å². The normalized spacial score (nSPS) is 10.2. The maximum absolute atomic E-state index is 5.81. The lowest BCUT2D eigenvalue weighted by Crippen LogP contribution is -1.97. The minimum atomic E-state index is 0.589. The molecule has 78 valence electrons. The highest BCUT2D eigenvalue weighted by Crippen LogP contribution is 2.24. The van der Waals surface area contributed by atoms with Gasteiger partial charge in [0.1, 0.15) is 12.4 Å². The van der Waals surface area contributed by atoms with Crippen molar-refractivity contribution in [2.45, 2.75) is 13.5 Å². The first-order valence-electron chi connectivity index (χ1n) is 4.77. The summed E-state index contributed by atoms with van der Waals surface area (Å²) < 4.78 is 5.65. The minimum Gasteiger partial charge on any atom is -0.486 e. The van der Waals surface area contributed by atoms with Gasteiger partial charge in [-0.25, -0.2) is 0 Å². The first-order chi connectivity index (χ1) is 7.25. The number of benzene rings is 1. The van der Waals surface area contributed by atoms with E-state index in [0.717, 1.165) is 11.3 Å². The van der Waals surface area contributed by atoms with Gasteiger partial charge in [0.2, 0.25) is 0 Å². The van der Waals surface area contributed by atoms with E-state index in [1.165, 1.54) is 4.88 Å². The Balaban J connectivity index is 2.07. The van der Waals surface area contributed by atoms with Crippen LogP contribution in [-0.4, -0.2) is 0 Å². The number of hydrogen-bond donors (Lipinski definition) is 1. The maximum atomic E-state index is 5.81. The molecule has 3 heteroatoms. The van der Waals surface area contributed by atoms with E-state index in [2.05, 4.69) is 6.07 Å². The molecule has 0 bridgehead atoms. The van der Waals surface area contributed by atoms with E-state index in [9.17, 15) is 0 Å². The molecule has 0 aliphatic carbocycles. The quantitative estimate of drug-likeness (QED) is 0.804. The zero-order valence-corrected chi connectivity index (χ0v) is 9.38. The fourth-order valence-electron chi connectivity index (χ4n) is 1.31. The zero-order chi connectivity index (χ0) is 10.7. The van der Waals surface area contributed by atoms with Crippen molar-refractivity contribution in [2.24, 2.45) is 0 Å². The molecule has 1 aromatic carbocycles. The molecular weight excluding hydrogens is 206 g/mol. The average molecular weight is 219 g/mol. The van der Waals surface area contributed by atoms with E-state index in [1.54, 1.807) is 11.3 Å². The van der Waals surface area contributed by atoms with Crippen LogP contribution in [0, 0.1) is 6.92 Å². The summed E-state index contributed by atoms with van der Waals surface area (Å²) in [6.45, 7) is 2.61. The van der Waals surface area contributed by atoms with Gasteiger partial charge < -0.3 is 10.5 Å². The smallest absolute Gasteiger partial charge is 0.142 e. The van der Waals surface area contributed by atoms with Gasteiger partial charge in [0.15, 0.2) is 0 Å². The van der Waals surface area contributed by atoms with Crippen LogP contribution in [0.3, 0.4) is 0 Å². The van der Waals surface area contributed by atoms with E-state index in [-0.39, 0.29) is 0 Å². The van der Waals surface area contributed by atoms with Crippen LogP contribution in [0.1, 0.15) is 10.4 Å². The van der Waals surface area contributed by atoms with Crippen LogP contribution in [0.2, 0.25) is 0 Å². The van der Waals surface area contributed by atoms with Gasteiger partial charge in [-0.05, 0) is 36.1 Å². The summed E-state index contributed by atoms with van der Waals surface area (Å²) in [6.07, 6.45) is 0. The fraction of sp³-hybridized carbons (Fsp3) is 0.167. The van der Waals surface area contributed by atoms with Gasteiger partial charge in [0.05, 0.1) is 5.69 Å². The minimum absolute atomic E-state index is 0.589. The molecule has 0 saturated heterocycles. The topological polar surface area (TPSA) is 35.2 Å². The number of nitrogen functional groups attached to an aromatic ring is 1. The van der Waals surface area contributed by atoms with Crippen molar-refractivity contribution in [3.05, 3.63) is 46.2 Å². The molecular formula is C12H13NOS. The summed E-state index contributed by atoms with van der Waals surface area (Å²) in [4.78, 5) is 1.20. The second-order valence-corrected chi connectivity index (χ2v) is 4.44.